The zero-order valence-electron chi connectivity index (χ0n) is 10.5. The van der Waals surface area contributed by atoms with E-state index in [0.717, 1.165) is 5.56 Å². The molecule has 0 atom stereocenters. The largest absolute Gasteiger partial charge is 0.343 e. The average Bonchev–Trinajstić information content (AvgIpc) is 2.33. The van der Waals surface area contributed by atoms with Crippen LogP contribution in [0.5, 0.6) is 0 Å². The minimum absolute atomic E-state index is 0.0767. The molecule has 1 aromatic rings. The van der Waals surface area contributed by atoms with Crippen molar-refractivity contribution in [2.24, 2.45) is 0 Å². The molecule has 1 saturated heterocycles. The fraction of sp³-hybridized carbons (Fsp3) is 0.417. The van der Waals surface area contributed by atoms with Crippen molar-refractivity contribution in [3.63, 3.8) is 0 Å². The van der Waals surface area contributed by atoms with E-state index in [1.807, 2.05) is 6.92 Å². The number of piperazine rings is 1. The summed E-state index contributed by atoms with van der Waals surface area (Å²) in [5, 5.41) is 0. The van der Waals surface area contributed by atoms with Gasteiger partial charge in [-0.2, -0.15) is 4.31 Å². The number of carbonyl (C=O) groups excluding carboxylic acids is 1. The van der Waals surface area contributed by atoms with Crippen molar-refractivity contribution in [1.82, 2.24) is 9.21 Å². The van der Waals surface area contributed by atoms with Gasteiger partial charge in [0.05, 0.1) is 11.4 Å². The Hall–Kier alpha value is -1.40. The van der Waals surface area contributed by atoms with Crippen molar-refractivity contribution >= 4 is 15.9 Å². The maximum atomic E-state index is 12.3. The minimum atomic E-state index is -3.55. The van der Waals surface area contributed by atoms with Gasteiger partial charge in [-0.15, -0.1) is 0 Å². The van der Waals surface area contributed by atoms with Gasteiger partial charge in [0.2, 0.25) is 15.9 Å². The number of amides is 1. The molecule has 0 aliphatic carbocycles. The third-order valence-electron chi connectivity index (χ3n) is 3.08. The molecule has 0 saturated carbocycles. The summed E-state index contributed by atoms with van der Waals surface area (Å²) in [6, 6.07) is 6.66. The number of rotatable bonds is 2. The Labute approximate surface area is 107 Å². The molecule has 1 fully saturated rings. The fourth-order valence-corrected chi connectivity index (χ4v) is 3.18. The normalized spacial score (nSPS) is 18.1. The van der Waals surface area contributed by atoms with Crippen LogP contribution in [0, 0.1) is 6.92 Å². The molecule has 0 N–H and O–H groups in total. The first-order valence-corrected chi connectivity index (χ1v) is 7.16. The lowest BCUT2D eigenvalue weighted by atomic mass is 10.2. The first kappa shape index (κ1) is 13.0. The Balaban J connectivity index is 2.26. The molecule has 1 aromatic carbocycles. The Morgan fingerprint density at radius 3 is 2.28 bits per heavy atom. The third kappa shape index (κ3) is 2.39. The summed E-state index contributed by atoms with van der Waals surface area (Å²) in [6.45, 7) is 2.60. The minimum Gasteiger partial charge on any atom is -0.343 e. The zero-order valence-corrected chi connectivity index (χ0v) is 11.3. The van der Waals surface area contributed by atoms with Crippen LogP contribution < -0.4 is 0 Å². The lowest BCUT2D eigenvalue weighted by Gasteiger charge is -2.31. The summed E-state index contributed by atoms with van der Waals surface area (Å²) in [6.07, 6.45) is 0. The summed E-state index contributed by atoms with van der Waals surface area (Å²) in [4.78, 5) is 13.3. The molecule has 0 spiro atoms. The first-order valence-electron chi connectivity index (χ1n) is 5.72. The number of hydrogen-bond donors (Lipinski definition) is 0. The van der Waals surface area contributed by atoms with Gasteiger partial charge in [0.25, 0.3) is 0 Å². The van der Waals surface area contributed by atoms with E-state index in [9.17, 15) is 13.2 Å². The molecule has 5 nitrogen and oxygen atoms in total. The van der Waals surface area contributed by atoms with Crippen LogP contribution in [0.4, 0.5) is 0 Å². The van der Waals surface area contributed by atoms with E-state index < -0.39 is 10.0 Å². The van der Waals surface area contributed by atoms with E-state index >= 15 is 0 Å². The second kappa shape index (κ2) is 4.70. The summed E-state index contributed by atoms with van der Waals surface area (Å²) in [7, 11) is -1.87. The molecular weight excluding hydrogens is 252 g/mol. The number of carbonyl (C=O) groups is 1. The Morgan fingerprint density at radius 2 is 1.72 bits per heavy atom. The topological polar surface area (TPSA) is 57.7 Å². The van der Waals surface area contributed by atoms with Crippen LogP contribution in [0.3, 0.4) is 0 Å². The molecule has 0 unspecified atom stereocenters. The Morgan fingerprint density at radius 1 is 1.11 bits per heavy atom. The van der Waals surface area contributed by atoms with Crippen LogP contribution >= 0.6 is 0 Å². The van der Waals surface area contributed by atoms with Gasteiger partial charge in [0.15, 0.2) is 0 Å². The molecule has 1 amide bonds. The van der Waals surface area contributed by atoms with Crippen LogP contribution in [-0.2, 0) is 14.8 Å². The number of aryl methyl sites for hydroxylation is 1. The third-order valence-corrected chi connectivity index (χ3v) is 4.94. The highest BCUT2D eigenvalue weighted by atomic mass is 32.2. The van der Waals surface area contributed by atoms with E-state index in [4.69, 9.17) is 0 Å². The number of sulfonamides is 1. The van der Waals surface area contributed by atoms with Crippen molar-refractivity contribution in [2.75, 3.05) is 26.7 Å². The van der Waals surface area contributed by atoms with Gasteiger partial charge < -0.3 is 4.90 Å². The van der Waals surface area contributed by atoms with Crippen LogP contribution in [0.1, 0.15) is 5.56 Å². The van der Waals surface area contributed by atoms with Gasteiger partial charge >= 0.3 is 0 Å². The van der Waals surface area contributed by atoms with E-state index in [-0.39, 0.29) is 17.3 Å². The summed E-state index contributed by atoms with van der Waals surface area (Å²) < 4.78 is 25.8. The number of hydrogen-bond acceptors (Lipinski definition) is 3. The predicted molar refractivity (Wildman–Crippen MR) is 67.6 cm³/mol. The molecule has 1 heterocycles. The van der Waals surface area contributed by atoms with E-state index in [1.54, 1.807) is 36.2 Å². The summed E-state index contributed by atoms with van der Waals surface area (Å²) in [5.74, 6) is -0.170. The van der Waals surface area contributed by atoms with Crippen LogP contribution in [0.15, 0.2) is 29.2 Å². The van der Waals surface area contributed by atoms with Gasteiger partial charge in [-0.25, -0.2) is 8.42 Å². The monoisotopic (exact) mass is 268 g/mol. The van der Waals surface area contributed by atoms with Gasteiger partial charge in [-0.1, -0.05) is 17.7 Å². The van der Waals surface area contributed by atoms with Crippen molar-refractivity contribution in [3.8, 4) is 0 Å². The summed E-state index contributed by atoms with van der Waals surface area (Å²) >= 11 is 0. The molecule has 1 aliphatic rings. The average molecular weight is 268 g/mol. The molecule has 2 rings (SSSR count). The summed E-state index contributed by atoms with van der Waals surface area (Å²) in [5.41, 5.74) is 1.00. The number of likely N-dealkylation sites (N-methyl/N-ethyl adjacent to an activating group) is 1. The highest BCUT2D eigenvalue weighted by molar-refractivity contribution is 7.89. The van der Waals surface area contributed by atoms with Gasteiger partial charge in [0.1, 0.15) is 0 Å². The van der Waals surface area contributed by atoms with E-state index in [0.29, 0.717) is 13.1 Å². The van der Waals surface area contributed by atoms with Crippen molar-refractivity contribution < 1.29 is 13.2 Å². The second-order valence-corrected chi connectivity index (χ2v) is 6.40. The number of benzene rings is 1. The Kier molecular flexibility index (Phi) is 3.41. The maximum absolute atomic E-state index is 12.3. The number of nitrogens with zero attached hydrogens (tertiary/aromatic N) is 2. The second-order valence-electron chi connectivity index (χ2n) is 4.47. The van der Waals surface area contributed by atoms with Gasteiger partial charge in [-0.05, 0) is 19.1 Å². The molecule has 0 bridgehead atoms. The SMILES string of the molecule is Cc1ccc(S(=O)(=O)N2CCN(C)C(=O)C2)cc1. The fourth-order valence-electron chi connectivity index (χ4n) is 1.80. The van der Waals surface area contributed by atoms with Crippen molar-refractivity contribution in [3.05, 3.63) is 29.8 Å². The van der Waals surface area contributed by atoms with E-state index in [2.05, 4.69) is 0 Å². The molecule has 98 valence electrons. The standard InChI is InChI=1S/C12H16N2O3S/c1-10-3-5-11(6-4-10)18(16,17)14-8-7-13(2)12(15)9-14/h3-6H,7-9H2,1-2H3. The first-order chi connectivity index (χ1) is 8.41. The van der Waals surface area contributed by atoms with Crippen molar-refractivity contribution in [2.45, 2.75) is 11.8 Å². The lowest BCUT2D eigenvalue weighted by Crippen LogP contribution is -2.50. The molecule has 0 aromatic heterocycles. The van der Waals surface area contributed by atoms with Crippen LogP contribution in [0.25, 0.3) is 0 Å². The van der Waals surface area contributed by atoms with E-state index in [1.165, 1.54) is 4.31 Å². The molecule has 18 heavy (non-hydrogen) atoms. The van der Waals surface area contributed by atoms with Gasteiger partial charge in [-0.3, -0.25) is 4.79 Å². The quantitative estimate of drug-likeness (QED) is 0.783. The maximum Gasteiger partial charge on any atom is 0.243 e. The van der Waals surface area contributed by atoms with Crippen LogP contribution in [-0.4, -0.2) is 50.2 Å². The predicted octanol–water partition coefficient (Wildman–Crippen LogP) is 0.458. The Bertz CT molecular complexity index is 551. The van der Waals surface area contributed by atoms with Gasteiger partial charge in [0, 0.05) is 20.1 Å². The highest BCUT2D eigenvalue weighted by Crippen LogP contribution is 2.18. The van der Waals surface area contributed by atoms with Crippen molar-refractivity contribution in [1.29, 1.82) is 0 Å². The lowest BCUT2D eigenvalue weighted by molar-refractivity contribution is -0.132. The zero-order chi connectivity index (χ0) is 13.3. The molecule has 0 radical (unpaired) electrons. The molecule has 1 aliphatic heterocycles. The van der Waals surface area contributed by atoms with Crippen LogP contribution in [0.2, 0.25) is 0 Å². The molecular formula is C12H16N2O3S. The smallest absolute Gasteiger partial charge is 0.243 e. The highest BCUT2D eigenvalue weighted by Gasteiger charge is 2.31. The molecule has 6 heteroatoms.